The third-order valence-corrected chi connectivity index (χ3v) is 2.80. The lowest BCUT2D eigenvalue weighted by Gasteiger charge is -2.17. The summed E-state index contributed by atoms with van der Waals surface area (Å²) in [5.41, 5.74) is 0.373. The summed E-state index contributed by atoms with van der Waals surface area (Å²) in [7, 11) is 0. The molecule has 1 aliphatic carbocycles. The zero-order chi connectivity index (χ0) is 9.19. The molecule has 1 rings (SSSR count). The fourth-order valence-electron chi connectivity index (χ4n) is 1.87. The molecule has 0 amide bonds. The minimum absolute atomic E-state index is 0.361. The molecule has 3 nitrogen and oxygen atoms in total. The van der Waals surface area contributed by atoms with Crippen LogP contribution in [0, 0.1) is 11.3 Å². The van der Waals surface area contributed by atoms with Gasteiger partial charge in [-0.2, -0.15) is 0 Å². The standard InChI is InChI=1S/C8H16O3S/c1-8(2)4-3-7(5-8)6-11-12(9)10/h7H,3-6H2,1-2H3,(H,9,10)/p-1. The van der Waals surface area contributed by atoms with Crippen molar-refractivity contribution in [3.8, 4) is 0 Å². The first kappa shape index (κ1) is 10.2. The molecule has 4 heteroatoms. The van der Waals surface area contributed by atoms with Gasteiger partial charge >= 0.3 is 0 Å². The van der Waals surface area contributed by atoms with Crippen molar-refractivity contribution in [3.05, 3.63) is 0 Å². The van der Waals surface area contributed by atoms with Crippen molar-refractivity contribution in [2.24, 2.45) is 11.3 Å². The van der Waals surface area contributed by atoms with Crippen LogP contribution in [0.4, 0.5) is 0 Å². The summed E-state index contributed by atoms with van der Waals surface area (Å²) in [5, 5.41) is 0. The van der Waals surface area contributed by atoms with Gasteiger partial charge in [-0.3, -0.25) is 0 Å². The van der Waals surface area contributed by atoms with Crippen molar-refractivity contribution < 1.29 is 12.9 Å². The summed E-state index contributed by atoms with van der Waals surface area (Å²) in [5.74, 6) is 0.429. The predicted molar refractivity (Wildman–Crippen MR) is 46.0 cm³/mol. The molecule has 12 heavy (non-hydrogen) atoms. The summed E-state index contributed by atoms with van der Waals surface area (Å²) < 4.78 is 24.7. The lowest BCUT2D eigenvalue weighted by molar-refractivity contribution is 0.234. The van der Waals surface area contributed by atoms with Crippen molar-refractivity contribution in [2.45, 2.75) is 33.1 Å². The van der Waals surface area contributed by atoms with Gasteiger partial charge in [-0.1, -0.05) is 13.8 Å². The van der Waals surface area contributed by atoms with Crippen LogP contribution in [0.25, 0.3) is 0 Å². The molecule has 0 aromatic carbocycles. The molecule has 1 saturated carbocycles. The first-order valence-corrected chi connectivity index (χ1v) is 5.22. The van der Waals surface area contributed by atoms with Gasteiger partial charge in [0, 0.05) is 0 Å². The van der Waals surface area contributed by atoms with Gasteiger partial charge < -0.3 is 8.74 Å². The molecule has 0 bridgehead atoms. The van der Waals surface area contributed by atoms with Gasteiger partial charge in [0.15, 0.2) is 0 Å². The Morgan fingerprint density at radius 2 is 2.33 bits per heavy atom. The van der Waals surface area contributed by atoms with E-state index in [9.17, 15) is 8.76 Å². The number of hydrogen-bond donors (Lipinski definition) is 0. The largest absolute Gasteiger partial charge is 0.750 e. The van der Waals surface area contributed by atoms with Gasteiger partial charge in [0.1, 0.15) is 0 Å². The summed E-state index contributed by atoms with van der Waals surface area (Å²) in [6.07, 6.45) is 3.33. The zero-order valence-corrected chi connectivity index (χ0v) is 8.36. The van der Waals surface area contributed by atoms with E-state index < -0.39 is 11.4 Å². The number of hydrogen-bond acceptors (Lipinski definition) is 3. The highest BCUT2D eigenvalue weighted by Gasteiger charge is 2.30. The molecule has 2 atom stereocenters. The van der Waals surface area contributed by atoms with Gasteiger partial charge in [0.05, 0.1) is 18.0 Å². The van der Waals surface area contributed by atoms with Crippen LogP contribution in [-0.4, -0.2) is 15.4 Å². The Balaban J connectivity index is 2.24. The maximum absolute atomic E-state index is 10.1. The zero-order valence-electron chi connectivity index (χ0n) is 7.54. The van der Waals surface area contributed by atoms with Crippen molar-refractivity contribution in [1.82, 2.24) is 0 Å². The molecule has 0 N–H and O–H groups in total. The Morgan fingerprint density at radius 1 is 1.67 bits per heavy atom. The molecule has 0 spiro atoms. The fourth-order valence-corrected chi connectivity index (χ4v) is 2.18. The molecule has 2 unspecified atom stereocenters. The Kier molecular flexibility index (Phi) is 3.26. The predicted octanol–water partition coefficient (Wildman–Crippen LogP) is 1.62. The highest BCUT2D eigenvalue weighted by atomic mass is 32.2. The average Bonchev–Trinajstić information content (AvgIpc) is 2.26. The highest BCUT2D eigenvalue weighted by molar-refractivity contribution is 7.74. The Morgan fingerprint density at radius 3 is 2.75 bits per heavy atom. The SMILES string of the molecule is CC1(C)CCC(COS(=O)[O-])C1. The molecule has 0 saturated heterocycles. The fraction of sp³-hybridized carbons (Fsp3) is 1.00. The van der Waals surface area contributed by atoms with E-state index in [-0.39, 0.29) is 0 Å². The Labute approximate surface area is 76.0 Å². The quantitative estimate of drug-likeness (QED) is 0.637. The molecule has 0 aliphatic heterocycles. The van der Waals surface area contributed by atoms with Crippen LogP contribution in [0.15, 0.2) is 0 Å². The third-order valence-electron chi connectivity index (χ3n) is 2.47. The van der Waals surface area contributed by atoms with E-state index in [1.165, 1.54) is 6.42 Å². The van der Waals surface area contributed by atoms with Crippen LogP contribution in [0.1, 0.15) is 33.1 Å². The van der Waals surface area contributed by atoms with Crippen LogP contribution >= 0.6 is 0 Å². The second kappa shape index (κ2) is 3.85. The van der Waals surface area contributed by atoms with E-state index in [1.54, 1.807) is 0 Å². The average molecular weight is 191 g/mol. The second-order valence-electron chi connectivity index (χ2n) is 4.26. The first-order chi connectivity index (χ1) is 5.49. The molecule has 1 aliphatic rings. The Hall–Kier alpha value is 0.0700. The molecule has 72 valence electrons. The van der Waals surface area contributed by atoms with Gasteiger partial charge in [-0.05, 0) is 30.6 Å². The first-order valence-electron chi connectivity index (χ1n) is 4.22. The van der Waals surface area contributed by atoms with Gasteiger partial charge in [-0.15, -0.1) is 0 Å². The molecule has 0 radical (unpaired) electrons. The molecule has 0 heterocycles. The maximum Gasteiger partial charge on any atom is 0.0842 e. The minimum Gasteiger partial charge on any atom is -0.750 e. The van der Waals surface area contributed by atoms with Gasteiger partial charge in [0.2, 0.25) is 0 Å². The summed E-state index contributed by atoms with van der Waals surface area (Å²) in [6, 6.07) is 0. The molecule has 0 aromatic heterocycles. The smallest absolute Gasteiger partial charge is 0.0842 e. The monoisotopic (exact) mass is 191 g/mol. The van der Waals surface area contributed by atoms with Crippen molar-refractivity contribution >= 4 is 11.4 Å². The summed E-state index contributed by atoms with van der Waals surface area (Å²) >= 11 is -2.34. The second-order valence-corrected chi connectivity index (χ2v) is 4.91. The molecule has 0 aromatic rings. The van der Waals surface area contributed by atoms with E-state index in [2.05, 4.69) is 18.0 Å². The van der Waals surface area contributed by atoms with E-state index in [0.717, 1.165) is 12.8 Å². The van der Waals surface area contributed by atoms with Crippen LogP contribution in [0.5, 0.6) is 0 Å². The van der Waals surface area contributed by atoms with Crippen molar-refractivity contribution in [2.75, 3.05) is 6.61 Å². The van der Waals surface area contributed by atoms with E-state index in [4.69, 9.17) is 0 Å². The van der Waals surface area contributed by atoms with Crippen molar-refractivity contribution in [3.63, 3.8) is 0 Å². The van der Waals surface area contributed by atoms with Gasteiger partial charge in [-0.25, -0.2) is 4.21 Å². The van der Waals surface area contributed by atoms with Crippen molar-refractivity contribution in [1.29, 1.82) is 0 Å². The normalized spacial score (nSPS) is 30.4. The number of rotatable bonds is 3. The molecular formula is C8H15O3S-. The van der Waals surface area contributed by atoms with Crippen LogP contribution < -0.4 is 0 Å². The minimum atomic E-state index is -2.34. The summed E-state index contributed by atoms with van der Waals surface area (Å²) in [6.45, 7) is 4.78. The van der Waals surface area contributed by atoms with Crippen LogP contribution in [0.2, 0.25) is 0 Å². The highest BCUT2D eigenvalue weighted by Crippen LogP contribution is 2.40. The topological polar surface area (TPSA) is 49.4 Å². The maximum atomic E-state index is 10.1. The van der Waals surface area contributed by atoms with Crippen LogP contribution in [-0.2, 0) is 15.5 Å². The summed E-state index contributed by atoms with van der Waals surface area (Å²) in [4.78, 5) is 0. The van der Waals surface area contributed by atoms with Crippen LogP contribution in [0.3, 0.4) is 0 Å². The third kappa shape index (κ3) is 3.21. The van der Waals surface area contributed by atoms with E-state index >= 15 is 0 Å². The van der Waals surface area contributed by atoms with E-state index in [0.29, 0.717) is 17.9 Å². The molecular weight excluding hydrogens is 176 g/mol. The lowest BCUT2D eigenvalue weighted by Crippen LogP contribution is -2.10. The lowest BCUT2D eigenvalue weighted by atomic mass is 9.91. The molecule has 1 fully saturated rings. The van der Waals surface area contributed by atoms with Gasteiger partial charge in [0.25, 0.3) is 0 Å². The van der Waals surface area contributed by atoms with E-state index in [1.807, 2.05) is 0 Å². The Bertz CT molecular complexity index is 179.